The average molecular weight is 482 g/mol. The topological polar surface area (TPSA) is 66.0 Å². The Morgan fingerprint density at radius 2 is 1.92 bits per heavy atom. The van der Waals surface area contributed by atoms with E-state index in [1.807, 2.05) is 6.92 Å². The van der Waals surface area contributed by atoms with Crippen LogP contribution in [0.15, 0.2) is 4.99 Å². The van der Waals surface area contributed by atoms with Crippen LogP contribution in [0.2, 0.25) is 0 Å². The largest absolute Gasteiger partial charge is 0.382 e. The van der Waals surface area contributed by atoms with Crippen LogP contribution < -0.4 is 10.6 Å². The Balaban J connectivity index is 0.00000625. The molecular weight excluding hydrogens is 443 g/mol. The van der Waals surface area contributed by atoms with Crippen molar-refractivity contribution in [3.05, 3.63) is 0 Å². The molecule has 6 nitrogen and oxygen atoms in total. The Bertz CT molecular complexity index is 424. The van der Waals surface area contributed by atoms with Crippen LogP contribution in [0.25, 0.3) is 0 Å². The quantitative estimate of drug-likeness (QED) is 0.218. The number of likely N-dealkylation sites (N-methyl/N-ethyl adjacent to an activating group) is 1. The number of amides is 1. The molecule has 2 N–H and O–H groups in total. The standard InChI is InChI=1S/C19H38N4O2.HI/c1-6-16(3)22-18(20-14-17(24)23(4)5)21-15-19(10-8-9-11-19)12-13-25-7-2;/h16H,6-15H2,1-5H3,(H2,20,21,22);1H. The maximum absolute atomic E-state index is 11.8. The van der Waals surface area contributed by atoms with Gasteiger partial charge in [0.2, 0.25) is 5.91 Å². The SMILES string of the molecule is CCOCCC1(CNC(=NCC(=O)N(C)C)NC(C)CC)CCCC1.I. The molecule has 1 atom stereocenters. The summed E-state index contributed by atoms with van der Waals surface area (Å²) in [5.41, 5.74) is 0.290. The third kappa shape index (κ3) is 9.39. The molecule has 1 saturated carbocycles. The number of guanidine groups is 1. The Morgan fingerprint density at radius 3 is 2.46 bits per heavy atom. The highest BCUT2D eigenvalue weighted by molar-refractivity contribution is 14.0. The van der Waals surface area contributed by atoms with Crippen molar-refractivity contribution in [3.8, 4) is 0 Å². The first-order valence-corrected chi connectivity index (χ1v) is 9.75. The minimum atomic E-state index is 0. The van der Waals surface area contributed by atoms with E-state index < -0.39 is 0 Å². The van der Waals surface area contributed by atoms with E-state index in [0.29, 0.717) is 11.5 Å². The van der Waals surface area contributed by atoms with E-state index in [0.717, 1.165) is 38.6 Å². The predicted molar refractivity (Wildman–Crippen MR) is 119 cm³/mol. The molecule has 0 spiro atoms. The molecule has 1 aliphatic carbocycles. The number of nitrogens with zero attached hydrogens (tertiary/aromatic N) is 2. The van der Waals surface area contributed by atoms with E-state index >= 15 is 0 Å². The zero-order valence-electron chi connectivity index (χ0n) is 17.3. The summed E-state index contributed by atoms with van der Waals surface area (Å²) < 4.78 is 5.59. The van der Waals surface area contributed by atoms with E-state index in [1.54, 1.807) is 19.0 Å². The molecule has 1 rings (SSSR count). The lowest BCUT2D eigenvalue weighted by atomic mass is 9.83. The van der Waals surface area contributed by atoms with Gasteiger partial charge in [0.1, 0.15) is 6.54 Å². The average Bonchev–Trinajstić information content (AvgIpc) is 3.06. The van der Waals surface area contributed by atoms with Gasteiger partial charge in [-0.25, -0.2) is 4.99 Å². The molecule has 26 heavy (non-hydrogen) atoms. The first-order valence-electron chi connectivity index (χ1n) is 9.75. The molecule has 0 aromatic heterocycles. The Hall–Kier alpha value is -0.570. The lowest BCUT2D eigenvalue weighted by molar-refractivity contribution is -0.127. The molecule has 0 heterocycles. The van der Waals surface area contributed by atoms with Gasteiger partial charge in [-0.05, 0) is 44.9 Å². The van der Waals surface area contributed by atoms with Crippen LogP contribution >= 0.6 is 24.0 Å². The molecule has 1 fully saturated rings. The van der Waals surface area contributed by atoms with Crippen LogP contribution in [0.4, 0.5) is 0 Å². The number of aliphatic imine (C=N–C) groups is 1. The smallest absolute Gasteiger partial charge is 0.243 e. The van der Waals surface area contributed by atoms with Crippen LogP contribution in [0.5, 0.6) is 0 Å². The van der Waals surface area contributed by atoms with Gasteiger partial charge in [0.15, 0.2) is 5.96 Å². The number of carbonyl (C=O) groups excluding carboxylic acids is 1. The highest BCUT2D eigenvalue weighted by Crippen LogP contribution is 2.40. The second kappa shape index (κ2) is 13.6. The van der Waals surface area contributed by atoms with Gasteiger partial charge in [-0.1, -0.05) is 19.8 Å². The zero-order chi connectivity index (χ0) is 18.7. The summed E-state index contributed by atoms with van der Waals surface area (Å²) in [6.45, 7) is 8.97. The molecule has 154 valence electrons. The van der Waals surface area contributed by atoms with Crippen molar-refractivity contribution >= 4 is 35.8 Å². The fourth-order valence-electron chi connectivity index (χ4n) is 3.12. The van der Waals surface area contributed by atoms with Crippen molar-refractivity contribution in [3.63, 3.8) is 0 Å². The van der Waals surface area contributed by atoms with Crippen molar-refractivity contribution in [2.45, 2.75) is 65.3 Å². The second-order valence-corrected chi connectivity index (χ2v) is 7.41. The number of nitrogens with one attached hydrogen (secondary N) is 2. The highest BCUT2D eigenvalue weighted by atomic mass is 127. The maximum Gasteiger partial charge on any atom is 0.243 e. The van der Waals surface area contributed by atoms with Crippen molar-refractivity contribution in [2.24, 2.45) is 10.4 Å². The zero-order valence-corrected chi connectivity index (χ0v) is 19.6. The fourth-order valence-corrected chi connectivity index (χ4v) is 3.12. The highest BCUT2D eigenvalue weighted by Gasteiger charge is 2.33. The summed E-state index contributed by atoms with van der Waals surface area (Å²) in [6, 6.07) is 0.323. The minimum absolute atomic E-state index is 0. The third-order valence-corrected chi connectivity index (χ3v) is 5.14. The maximum atomic E-state index is 11.8. The number of carbonyl (C=O) groups is 1. The van der Waals surface area contributed by atoms with Gasteiger partial charge < -0.3 is 20.3 Å². The summed E-state index contributed by atoms with van der Waals surface area (Å²) in [4.78, 5) is 17.9. The van der Waals surface area contributed by atoms with E-state index in [2.05, 4.69) is 29.5 Å². The van der Waals surface area contributed by atoms with Crippen LogP contribution in [0.1, 0.15) is 59.3 Å². The molecule has 1 unspecified atom stereocenters. The molecule has 0 bridgehead atoms. The molecule has 1 amide bonds. The van der Waals surface area contributed by atoms with Gasteiger partial charge in [0.25, 0.3) is 0 Å². The van der Waals surface area contributed by atoms with Gasteiger partial charge in [-0.2, -0.15) is 0 Å². The molecule has 0 aliphatic heterocycles. The Labute approximate surface area is 176 Å². The monoisotopic (exact) mass is 482 g/mol. The van der Waals surface area contributed by atoms with E-state index in [-0.39, 0.29) is 36.4 Å². The molecule has 0 aromatic rings. The Kier molecular flexibility index (Phi) is 13.3. The summed E-state index contributed by atoms with van der Waals surface area (Å²) in [5, 5.41) is 6.91. The fraction of sp³-hybridized carbons (Fsp3) is 0.895. The molecule has 0 aromatic carbocycles. The molecule has 0 radical (unpaired) electrons. The van der Waals surface area contributed by atoms with E-state index in [1.165, 1.54) is 25.7 Å². The van der Waals surface area contributed by atoms with Gasteiger partial charge in [-0.3, -0.25) is 4.79 Å². The van der Waals surface area contributed by atoms with Gasteiger partial charge in [0, 0.05) is 39.9 Å². The summed E-state index contributed by atoms with van der Waals surface area (Å²) in [5.74, 6) is 0.754. The number of hydrogen-bond donors (Lipinski definition) is 2. The normalized spacial score (nSPS) is 17.3. The number of hydrogen-bond acceptors (Lipinski definition) is 3. The number of halogens is 1. The lowest BCUT2D eigenvalue weighted by Crippen LogP contribution is -2.46. The van der Waals surface area contributed by atoms with Gasteiger partial charge >= 0.3 is 0 Å². The molecule has 0 saturated heterocycles. The molecule has 1 aliphatic rings. The Morgan fingerprint density at radius 1 is 1.27 bits per heavy atom. The number of ether oxygens (including phenoxy) is 1. The second-order valence-electron chi connectivity index (χ2n) is 7.41. The number of rotatable bonds is 10. The minimum Gasteiger partial charge on any atom is -0.382 e. The predicted octanol–water partition coefficient (Wildman–Crippen LogP) is 3.01. The van der Waals surface area contributed by atoms with Crippen LogP contribution in [0.3, 0.4) is 0 Å². The lowest BCUT2D eigenvalue weighted by Gasteiger charge is -2.30. The van der Waals surface area contributed by atoms with Gasteiger partial charge in [0.05, 0.1) is 0 Å². The summed E-state index contributed by atoms with van der Waals surface area (Å²) >= 11 is 0. The van der Waals surface area contributed by atoms with Gasteiger partial charge in [-0.15, -0.1) is 24.0 Å². The van der Waals surface area contributed by atoms with Crippen molar-refractivity contribution in [2.75, 3.05) is 40.4 Å². The van der Waals surface area contributed by atoms with E-state index in [4.69, 9.17) is 4.74 Å². The van der Waals surface area contributed by atoms with Crippen molar-refractivity contribution < 1.29 is 9.53 Å². The third-order valence-electron chi connectivity index (χ3n) is 5.14. The van der Waals surface area contributed by atoms with Crippen LogP contribution in [-0.2, 0) is 9.53 Å². The van der Waals surface area contributed by atoms with Crippen molar-refractivity contribution in [1.82, 2.24) is 15.5 Å². The molecular formula is C19H39IN4O2. The molecule has 7 heteroatoms. The summed E-state index contributed by atoms with van der Waals surface area (Å²) in [7, 11) is 3.52. The first kappa shape index (κ1) is 25.4. The summed E-state index contributed by atoms with van der Waals surface area (Å²) in [6.07, 6.45) is 7.15. The van der Waals surface area contributed by atoms with E-state index in [9.17, 15) is 4.79 Å². The van der Waals surface area contributed by atoms with Crippen molar-refractivity contribution in [1.29, 1.82) is 0 Å². The van der Waals surface area contributed by atoms with Crippen LogP contribution in [-0.4, -0.2) is 63.2 Å². The first-order chi connectivity index (χ1) is 11.9. The van der Waals surface area contributed by atoms with Crippen LogP contribution in [0, 0.1) is 5.41 Å².